The molecule has 0 aliphatic rings. The highest BCUT2D eigenvalue weighted by molar-refractivity contribution is 7.47. The van der Waals surface area contributed by atoms with Crippen LogP contribution in [0.5, 0.6) is 0 Å². The molecule has 94 heavy (non-hydrogen) atoms. The summed E-state index contributed by atoms with van der Waals surface area (Å²) in [6.45, 7) is 4.49. The van der Waals surface area contributed by atoms with Gasteiger partial charge in [-0.25, -0.2) is 9.13 Å². The first-order valence-electron chi connectivity index (χ1n) is 36.1. The number of unbranched alkanes of at least 4 members (excludes halogenated alkanes) is 23. The van der Waals surface area contributed by atoms with E-state index in [0.29, 0.717) is 32.1 Å². The van der Waals surface area contributed by atoms with Crippen LogP contribution in [-0.4, -0.2) is 96.7 Å². The zero-order valence-electron chi connectivity index (χ0n) is 58.6. The Morgan fingerprint density at radius 3 is 0.936 bits per heavy atom. The van der Waals surface area contributed by atoms with Gasteiger partial charge < -0.3 is 33.8 Å². The molecule has 0 spiro atoms. The summed E-state index contributed by atoms with van der Waals surface area (Å²) < 4.78 is 68.2. The minimum Gasteiger partial charge on any atom is -0.462 e. The number of carbonyl (C=O) groups excluding carboxylic acids is 4. The van der Waals surface area contributed by atoms with E-state index < -0.39 is 97.5 Å². The van der Waals surface area contributed by atoms with Gasteiger partial charge in [0.1, 0.15) is 19.3 Å². The van der Waals surface area contributed by atoms with Crippen LogP contribution >= 0.6 is 15.6 Å². The fourth-order valence-corrected chi connectivity index (χ4v) is 10.8. The van der Waals surface area contributed by atoms with Gasteiger partial charge in [0.25, 0.3) is 0 Å². The van der Waals surface area contributed by atoms with Crippen molar-refractivity contribution in [2.24, 2.45) is 0 Å². The highest BCUT2D eigenvalue weighted by Gasteiger charge is 2.30. The van der Waals surface area contributed by atoms with Crippen molar-refractivity contribution in [2.75, 3.05) is 39.6 Å². The molecule has 0 aromatic carbocycles. The van der Waals surface area contributed by atoms with Gasteiger partial charge in [0.2, 0.25) is 0 Å². The number of allylic oxidation sites excluding steroid dienone is 18. The fourth-order valence-electron chi connectivity index (χ4n) is 9.25. The monoisotopic (exact) mass is 1360 g/mol. The predicted octanol–water partition coefficient (Wildman–Crippen LogP) is 20.2. The van der Waals surface area contributed by atoms with Crippen molar-refractivity contribution in [1.29, 1.82) is 0 Å². The molecule has 0 saturated heterocycles. The maximum atomic E-state index is 13.0. The molecule has 19 heteroatoms. The minimum atomic E-state index is -4.98. The Kier molecular flexibility index (Phi) is 64.2. The topological polar surface area (TPSA) is 237 Å². The van der Waals surface area contributed by atoms with E-state index in [1.807, 2.05) is 12.2 Å². The molecule has 0 aliphatic heterocycles. The number of phosphoric ester groups is 2. The molecule has 0 aliphatic carbocycles. The minimum absolute atomic E-state index is 0.0710. The molecule has 5 atom stereocenters. The van der Waals surface area contributed by atoms with Crippen molar-refractivity contribution in [3.8, 4) is 0 Å². The van der Waals surface area contributed by atoms with Crippen LogP contribution in [0.1, 0.15) is 285 Å². The Morgan fingerprint density at radius 2 is 0.574 bits per heavy atom. The molecule has 0 bridgehead atoms. The summed E-state index contributed by atoms with van der Waals surface area (Å²) in [5.74, 6) is -2.27. The molecule has 540 valence electrons. The van der Waals surface area contributed by atoms with Gasteiger partial charge in [0.05, 0.1) is 26.4 Å². The van der Waals surface area contributed by atoms with E-state index in [4.69, 9.17) is 37.0 Å². The van der Waals surface area contributed by atoms with Crippen LogP contribution in [0.2, 0.25) is 0 Å². The molecule has 0 aromatic heterocycles. The molecular formula is C75H128O17P2. The standard InChI is InChI=1S/C75H128O17P2/c1-5-9-13-17-21-25-29-31-33-34-36-38-42-44-48-52-56-60-73(78)86-66-71(92-75(80)62-58-54-50-46-40-28-24-20-16-12-8-4)68-90-94(83,84)88-64-69(76)63-87-93(81,82)89-67-70(91-74(79)61-57-53-49-45-39-27-23-19-15-11-7-3)65-85-72(77)59-55-51-47-43-41-37-35-32-30-26-22-18-14-10-6-2/h9-10,13-14,20-22,24-26,31-33,35-36,38,44,48,69-71,76H,5-8,11-12,15-19,23,27-30,34,37,39-43,45-47,49-68H2,1-4H3,(H,81,82)(H,83,84)/b13-9-,14-10-,24-20-,25-21-,26-22-,33-31-,35-32-,38-36-,48-44-. The maximum absolute atomic E-state index is 13.0. The molecule has 0 amide bonds. The van der Waals surface area contributed by atoms with Gasteiger partial charge in [-0.1, -0.05) is 253 Å². The molecule has 5 unspecified atom stereocenters. The van der Waals surface area contributed by atoms with Gasteiger partial charge >= 0.3 is 39.5 Å². The van der Waals surface area contributed by atoms with Gasteiger partial charge in [0.15, 0.2) is 12.2 Å². The number of rotatable bonds is 67. The molecule has 17 nitrogen and oxygen atoms in total. The summed E-state index contributed by atoms with van der Waals surface area (Å²) in [7, 11) is -9.96. The largest absolute Gasteiger partial charge is 0.472 e. The molecular weight excluding hydrogens is 1230 g/mol. The number of hydrogen-bond acceptors (Lipinski definition) is 15. The lowest BCUT2D eigenvalue weighted by Gasteiger charge is -2.21. The second-order valence-electron chi connectivity index (χ2n) is 23.8. The molecule has 0 fully saturated rings. The lowest BCUT2D eigenvalue weighted by atomic mass is 10.1. The summed E-state index contributed by atoms with van der Waals surface area (Å²) in [6, 6.07) is 0. The Bertz CT molecular complexity index is 2220. The number of aliphatic hydroxyl groups excluding tert-OH is 1. The van der Waals surface area contributed by atoms with Crippen LogP contribution in [0.15, 0.2) is 109 Å². The molecule has 0 rings (SSSR count). The van der Waals surface area contributed by atoms with E-state index >= 15 is 0 Å². The number of aliphatic hydroxyl groups is 1. The van der Waals surface area contributed by atoms with Gasteiger partial charge in [-0.3, -0.25) is 37.3 Å². The number of hydrogen-bond donors (Lipinski definition) is 3. The third kappa shape index (κ3) is 66.3. The Balaban J connectivity index is 5.35. The van der Waals surface area contributed by atoms with Gasteiger partial charge in [-0.15, -0.1) is 0 Å². The molecule has 0 radical (unpaired) electrons. The summed E-state index contributed by atoms with van der Waals surface area (Å²) in [6.07, 6.45) is 69.7. The lowest BCUT2D eigenvalue weighted by molar-refractivity contribution is -0.161. The fraction of sp³-hybridized carbons (Fsp3) is 0.707. The number of esters is 4. The smallest absolute Gasteiger partial charge is 0.462 e. The van der Waals surface area contributed by atoms with Crippen LogP contribution in [0.4, 0.5) is 0 Å². The molecule has 0 heterocycles. The second-order valence-corrected chi connectivity index (χ2v) is 26.7. The summed E-state index contributed by atoms with van der Waals surface area (Å²) in [4.78, 5) is 72.6. The van der Waals surface area contributed by atoms with Crippen LogP contribution < -0.4 is 0 Å². The lowest BCUT2D eigenvalue weighted by Crippen LogP contribution is -2.30. The second kappa shape index (κ2) is 67.3. The average Bonchev–Trinajstić information content (AvgIpc) is 1.32. The average molecular weight is 1360 g/mol. The van der Waals surface area contributed by atoms with Crippen LogP contribution in [0.3, 0.4) is 0 Å². The summed E-state index contributed by atoms with van der Waals surface area (Å²) in [5.41, 5.74) is 0. The Hall–Kier alpha value is -4.28. The van der Waals surface area contributed by atoms with Gasteiger partial charge in [-0.05, 0) is 116 Å². The van der Waals surface area contributed by atoms with Gasteiger partial charge in [0, 0.05) is 25.7 Å². The first-order chi connectivity index (χ1) is 45.7. The zero-order chi connectivity index (χ0) is 69.0. The number of carbonyl (C=O) groups is 4. The van der Waals surface area contributed by atoms with Crippen LogP contribution in [0, 0.1) is 0 Å². The maximum Gasteiger partial charge on any atom is 0.472 e. The van der Waals surface area contributed by atoms with Crippen molar-refractivity contribution in [2.45, 2.75) is 303 Å². The van der Waals surface area contributed by atoms with E-state index in [2.05, 4.69) is 125 Å². The Labute approximate surface area is 569 Å². The van der Waals surface area contributed by atoms with Crippen molar-refractivity contribution in [3.05, 3.63) is 109 Å². The van der Waals surface area contributed by atoms with E-state index in [0.717, 1.165) is 148 Å². The zero-order valence-corrected chi connectivity index (χ0v) is 60.4. The van der Waals surface area contributed by atoms with Crippen molar-refractivity contribution in [1.82, 2.24) is 0 Å². The third-order valence-electron chi connectivity index (χ3n) is 14.7. The quantitative estimate of drug-likeness (QED) is 0.0169. The van der Waals surface area contributed by atoms with Crippen LogP contribution in [0.25, 0.3) is 0 Å². The first-order valence-corrected chi connectivity index (χ1v) is 39.1. The van der Waals surface area contributed by atoms with E-state index in [9.17, 15) is 43.2 Å². The van der Waals surface area contributed by atoms with Crippen molar-refractivity contribution < 1.29 is 80.2 Å². The number of ether oxygens (including phenoxy) is 4. The molecule has 0 aromatic rings. The molecule has 3 N–H and O–H groups in total. The van der Waals surface area contributed by atoms with Crippen molar-refractivity contribution >= 4 is 39.5 Å². The first kappa shape index (κ1) is 89.7. The van der Waals surface area contributed by atoms with Gasteiger partial charge in [-0.2, -0.15) is 0 Å². The highest BCUT2D eigenvalue weighted by Crippen LogP contribution is 2.45. The van der Waals surface area contributed by atoms with E-state index in [1.54, 1.807) is 0 Å². The third-order valence-corrected chi connectivity index (χ3v) is 16.6. The highest BCUT2D eigenvalue weighted by atomic mass is 31.2. The van der Waals surface area contributed by atoms with E-state index in [-0.39, 0.29) is 25.7 Å². The normalized spacial score (nSPS) is 14.7. The SMILES string of the molecule is CC/C=C\C/C=C\C/C=C\C/C=C\C/C=C\CCCC(=O)OCC(COP(=O)(O)OCC(O)COP(=O)(O)OCC(COC(=O)CCCCCCC/C=C\C/C=C\C/C=C\CC)OC(=O)CCCCCCCCCCCCC)OC(=O)CCCCCCC/C=C\CCCC. The Morgan fingerprint density at radius 1 is 0.309 bits per heavy atom. The van der Waals surface area contributed by atoms with Crippen molar-refractivity contribution in [3.63, 3.8) is 0 Å². The summed E-state index contributed by atoms with van der Waals surface area (Å²) in [5, 5.41) is 10.6. The predicted molar refractivity (Wildman–Crippen MR) is 381 cm³/mol. The number of phosphoric acid groups is 2. The van der Waals surface area contributed by atoms with E-state index in [1.165, 1.54) is 51.4 Å². The summed E-state index contributed by atoms with van der Waals surface area (Å²) >= 11 is 0. The molecule has 0 saturated carbocycles. The van der Waals surface area contributed by atoms with Crippen LogP contribution in [-0.2, 0) is 65.4 Å².